The summed E-state index contributed by atoms with van der Waals surface area (Å²) >= 11 is 2.04. The van der Waals surface area contributed by atoms with Gasteiger partial charge in [-0.1, -0.05) is 51.0 Å². The van der Waals surface area contributed by atoms with E-state index in [-0.39, 0.29) is 0 Å². The predicted octanol–water partition coefficient (Wildman–Crippen LogP) is 3.70. The summed E-state index contributed by atoms with van der Waals surface area (Å²) < 4.78 is 2.54. The molecule has 0 aromatic heterocycles. The molecule has 0 saturated carbocycles. The van der Waals surface area contributed by atoms with E-state index in [1.807, 2.05) is 11.9 Å². The molecule has 0 amide bonds. The number of rotatable bonds is 7. The molecular formula is C11H23NS. The Morgan fingerprint density at radius 3 is 2.54 bits per heavy atom. The Morgan fingerprint density at radius 2 is 1.85 bits per heavy atom. The molecule has 0 aliphatic carbocycles. The monoisotopic (exact) mass is 201 g/mol. The third-order valence-electron chi connectivity index (χ3n) is 2.59. The fraction of sp³-hybridized carbons (Fsp3) is 1.00. The van der Waals surface area contributed by atoms with Gasteiger partial charge in [-0.25, -0.2) is 0 Å². The van der Waals surface area contributed by atoms with Gasteiger partial charge in [0.05, 0.1) is 0 Å². The van der Waals surface area contributed by atoms with E-state index < -0.39 is 0 Å². The lowest BCUT2D eigenvalue weighted by Crippen LogP contribution is -2.12. The molecule has 0 radical (unpaired) electrons. The normalized spacial score (nSPS) is 18.2. The molecule has 0 aromatic carbocycles. The highest BCUT2D eigenvalue weighted by Crippen LogP contribution is 2.20. The van der Waals surface area contributed by atoms with Crippen molar-refractivity contribution in [3.8, 4) is 0 Å². The first-order chi connectivity index (χ1) is 6.43. The summed E-state index contributed by atoms with van der Waals surface area (Å²) in [5.74, 6) is 1.36. The first-order valence-corrected chi connectivity index (χ1v) is 6.75. The lowest BCUT2D eigenvalue weighted by molar-refractivity contribution is 0.463. The molecule has 1 aliphatic heterocycles. The van der Waals surface area contributed by atoms with Crippen molar-refractivity contribution in [2.75, 3.05) is 18.8 Å². The first-order valence-electron chi connectivity index (χ1n) is 5.81. The minimum atomic E-state index is 1.33. The number of unbranched alkanes of at least 4 members (excludes halogenated alkanes) is 5. The summed E-state index contributed by atoms with van der Waals surface area (Å²) in [5.41, 5.74) is 0. The lowest BCUT2D eigenvalue weighted by Gasteiger charge is -2.12. The van der Waals surface area contributed by atoms with Gasteiger partial charge in [0, 0.05) is 18.8 Å². The second kappa shape index (κ2) is 7.69. The predicted molar refractivity (Wildman–Crippen MR) is 62.0 cm³/mol. The van der Waals surface area contributed by atoms with Crippen molar-refractivity contribution >= 4 is 11.9 Å². The van der Waals surface area contributed by atoms with Gasteiger partial charge < -0.3 is 0 Å². The van der Waals surface area contributed by atoms with Crippen molar-refractivity contribution in [3.05, 3.63) is 0 Å². The minimum absolute atomic E-state index is 1.33. The zero-order valence-corrected chi connectivity index (χ0v) is 9.74. The molecule has 0 spiro atoms. The quantitative estimate of drug-likeness (QED) is 0.456. The fourth-order valence-corrected chi connectivity index (χ4v) is 2.78. The molecule has 0 unspecified atom stereocenters. The van der Waals surface area contributed by atoms with Crippen LogP contribution in [0, 0.1) is 0 Å². The molecule has 1 nitrogen and oxygen atoms in total. The summed E-state index contributed by atoms with van der Waals surface area (Å²) in [7, 11) is 0. The second-order valence-electron chi connectivity index (χ2n) is 3.88. The molecule has 1 rings (SSSR count). The summed E-state index contributed by atoms with van der Waals surface area (Å²) in [6.45, 7) is 4.94. The molecule has 1 heterocycles. The SMILES string of the molecule is CCCCCCCCN1CCCS1. The van der Waals surface area contributed by atoms with Gasteiger partial charge in [-0.15, -0.1) is 0 Å². The van der Waals surface area contributed by atoms with Crippen LogP contribution >= 0.6 is 11.9 Å². The smallest absolute Gasteiger partial charge is 0.00976 e. The maximum atomic E-state index is 2.54. The first kappa shape index (κ1) is 11.4. The Labute approximate surface area is 87.4 Å². The van der Waals surface area contributed by atoms with Crippen LogP contribution in [0.25, 0.3) is 0 Å². The molecule has 1 aliphatic rings. The van der Waals surface area contributed by atoms with Crippen LogP contribution in [0.15, 0.2) is 0 Å². The van der Waals surface area contributed by atoms with Crippen LogP contribution in [-0.4, -0.2) is 23.1 Å². The van der Waals surface area contributed by atoms with E-state index in [9.17, 15) is 0 Å². The van der Waals surface area contributed by atoms with Crippen LogP contribution in [-0.2, 0) is 0 Å². The standard InChI is InChI=1S/C11H23NS/c1-2-3-4-5-6-7-9-12-10-8-11-13-12/h2-11H2,1H3. The lowest BCUT2D eigenvalue weighted by atomic mass is 10.1. The molecule has 0 atom stereocenters. The summed E-state index contributed by atoms with van der Waals surface area (Å²) in [5, 5.41) is 0. The van der Waals surface area contributed by atoms with E-state index in [0.29, 0.717) is 0 Å². The van der Waals surface area contributed by atoms with Gasteiger partial charge in [-0.3, -0.25) is 4.31 Å². The van der Waals surface area contributed by atoms with E-state index in [1.165, 1.54) is 63.8 Å². The highest BCUT2D eigenvalue weighted by Gasteiger charge is 2.10. The van der Waals surface area contributed by atoms with Crippen LogP contribution in [0.3, 0.4) is 0 Å². The van der Waals surface area contributed by atoms with Crippen molar-refractivity contribution in [3.63, 3.8) is 0 Å². The van der Waals surface area contributed by atoms with Crippen molar-refractivity contribution in [2.24, 2.45) is 0 Å². The van der Waals surface area contributed by atoms with Crippen molar-refractivity contribution in [1.29, 1.82) is 0 Å². The summed E-state index contributed by atoms with van der Waals surface area (Å²) in [6.07, 6.45) is 9.95. The number of hydrogen-bond acceptors (Lipinski definition) is 2. The highest BCUT2D eigenvalue weighted by molar-refractivity contribution is 7.97. The molecule has 0 N–H and O–H groups in total. The molecule has 1 fully saturated rings. The van der Waals surface area contributed by atoms with E-state index >= 15 is 0 Å². The average molecular weight is 201 g/mol. The third-order valence-corrected chi connectivity index (χ3v) is 3.79. The van der Waals surface area contributed by atoms with E-state index in [4.69, 9.17) is 0 Å². The summed E-state index contributed by atoms with van der Waals surface area (Å²) in [4.78, 5) is 0. The van der Waals surface area contributed by atoms with E-state index in [0.717, 1.165) is 0 Å². The Bertz CT molecular complexity index is 111. The molecule has 0 aromatic rings. The molecule has 0 bridgehead atoms. The van der Waals surface area contributed by atoms with Gasteiger partial charge in [0.2, 0.25) is 0 Å². The molecule has 1 saturated heterocycles. The van der Waals surface area contributed by atoms with Gasteiger partial charge in [0.25, 0.3) is 0 Å². The van der Waals surface area contributed by atoms with Gasteiger partial charge in [0.15, 0.2) is 0 Å². The van der Waals surface area contributed by atoms with Gasteiger partial charge in [0.1, 0.15) is 0 Å². The van der Waals surface area contributed by atoms with E-state index in [1.54, 1.807) is 0 Å². The maximum absolute atomic E-state index is 2.54. The molecule has 2 heteroatoms. The van der Waals surface area contributed by atoms with Crippen molar-refractivity contribution in [1.82, 2.24) is 4.31 Å². The maximum Gasteiger partial charge on any atom is 0.00976 e. The van der Waals surface area contributed by atoms with E-state index in [2.05, 4.69) is 11.2 Å². The van der Waals surface area contributed by atoms with Crippen LogP contribution in [0.4, 0.5) is 0 Å². The Morgan fingerprint density at radius 1 is 1.08 bits per heavy atom. The fourth-order valence-electron chi connectivity index (χ4n) is 1.74. The zero-order chi connectivity index (χ0) is 9.36. The Balaban J connectivity index is 1.78. The van der Waals surface area contributed by atoms with Crippen molar-refractivity contribution in [2.45, 2.75) is 51.9 Å². The Hall–Kier alpha value is 0.310. The molecular weight excluding hydrogens is 178 g/mol. The largest absolute Gasteiger partial charge is 0.251 e. The zero-order valence-electron chi connectivity index (χ0n) is 8.93. The topological polar surface area (TPSA) is 3.24 Å². The summed E-state index contributed by atoms with van der Waals surface area (Å²) in [6, 6.07) is 0. The molecule has 13 heavy (non-hydrogen) atoms. The minimum Gasteiger partial charge on any atom is -0.251 e. The number of nitrogens with zero attached hydrogens (tertiary/aromatic N) is 1. The van der Waals surface area contributed by atoms with Crippen LogP contribution in [0.5, 0.6) is 0 Å². The Kier molecular flexibility index (Phi) is 6.73. The van der Waals surface area contributed by atoms with Crippen LogP contribution in [0.1, 0.15) is 51.9 Å². The van der Waals surface area contributed by atoms with Gasteiger partial charge >= 0.3 is 0 Å². The number of hydrogen-bond donors (Lipinski definition) is 0. The van der Waals surface area contributed by atoms with Crippen molar-refractivity contribution < 1.29 is 0 Å². The average Bonchev–Trinajstić information content (AvgIpc) is 2.63. The van der Waals surface area contributed by atoms with Crippen LogP contribution in [0.2, 0.25) is 0 Å². The van der Waals surface area contributed by atoms with Gasteiger partial charge in [-0.2, -0.15) is 0 Å². The third kappa shape index (κ3) is 5.58. The highest BCUT2D eigenvalue weighted by atomic mass is 32.2. The molecule has 78 valence electrons. The van der Waals surface area contributed by atoms with Gasteiger partial charge in [-0.05, 0) is 12.8 Å². The second-order valence-corrected chi connectivity index (χ2v) is 5.07. The van der Waals surface area contributed by atoms with Crippen LogP contribution < -0.4 is 0 Å².